The Bertz CT molecular complexity index is 1390. The van der Waals surface area contributed by atoms with Crippen LogP contribution in [-0.4, -0.2) is 70.8 Å². The number of carbonyl (C=O) groups is 7. The number of phenols is 1. The van der Waals surface area contributed by atoms with E-state index in [1.807, 2.05) is 0 Å². The van der Waals surface area contributed by atoms with Crippen molar-refractivity contribution in [1.29, 1.82) is 0 Å². The van der Waals surface area contributed by atoms with Crippen molar-refractivity contribution in [3.8, 4) is 5.75 Å². The van der Waals surface area contributed by atoms with Crippen LogP contribution in [0.25, 0.3) is 0 Å². The molecular formula is C45H75N5O8. The van der Waals surface area contributed by atoms with E-state index in [1.54, 1.807) is 26.0 Å². The summed E-state index contributed by atoms with van der Waals surface area (Å²) in [6, 6.07) is 3.45. The maximum Gasteiger partial charge on any atom is 0.224 e. The smallest absolute Gasteiger partial charge is 0.224 e. The lowest BCUT2D eigenvalue weighted by molar-refractivity contribution is -0.134. The predicted molar refractivity (Wildman–Crippen MR) is 228 cm³/mol. The van der Waals surface area contributed by atoms with E-state index in [0.717, 1.165) is 19.3 Å². The topological polar surface area (TPSA) is 228 Å². The first-order valence-electron chi connectivity index (χ1n) is 22.0. The Hall–Kier alpha value is -4.13. The second-order valence-electron chi connectivity index (χ2n) is 15.8. The molecule has 0 saturated heterocycles. The van der Waals surface area contributed by atoms with E-state index in [0.29, 0.717) is 37.8 Å². The Morgan fingerprint density at radius 1 is 0.603 bits per heavy atom. The number of nitrogens with two attached hydrogens (primary N) is 2. The van der Waals surface area contributed by atoms with Gasteiger partial charge in [0.2, 0.25) is 23.6 Å². The van der Waals surface area contributed by atoms with Crippen LogP contribution in [0, 0.1) is 5.92 Å². The van der Waals surface area contributed by atoms with Gasteiger partial charge in [0.05, 0.1) is 18.1 Å². The van der Waals surface area contributed by atoms with E-state index < -0.39 is 47.5 Å². The molecule has 8 N–H and O–H groups in total. The molecule has 0 aliphatic heterocycles. The van der Waals surface area contributed by atoms with E-state index in [4.69, 9.17) is 11.5 Å². The number of hydrogen-bond acceptors (Lipinski definition) is 9. The summed E-state index contributed by atoms with van der Waals surface area (Å²) in [5.41, 5.74) is 11.6. The summed E-state index contributed by atoms with van der Waals surface area (Å²) >= 11 is 0. The second kappa shape index (κ2) is 31.8. The average Bonchev–Trinajstić information content (AvgIpc) is 3.19. The van der Waals surface area contributed by atoms with Gasteiger partial charge in [0, 0.05) is 44.4 Å². The highest BCUT2D eigenvalue weighted by atomic mass is 16.3. The third-order valence-corrected chi connectivity index (χ3v) is 10.6. The Labute approximate surface area is 347 Å². The Morgan fingerprint density at radius 2 is 1.17 bits per heavy atom. The number of phenolic OH excluding ortho intramolecular Hbond substituents is 1. The molecule has 328 valence electrons. The molecule has 4 atom stereocenters. The molecule has 0 bridgehead atoms. The zero-order valence-corrected chi connectivity index (χ0v) is 35.8. The third kappa shape index (κ3) is 24.6. The minimum absolute atomic E-state index is 0.0190. The fourth-order valence-corrected chi connectivity index (χ4v) is 6.90. The molecule has 1 rings (SSSR count). The van der Waals surface area contributed by atoms with Crippen LogP contribution in [0.3, 0.4) is 0 Å². The molecule has 0 aromatic heterocycles. The van der Waals surface area contributed by atoms with Gasteiger partial charge in [-0.3, -0.25) is 33.6 Å². The summed E-state index contributed by atoms with van der Waals surface area (Å²) in [4.78, 5) is 90.3. The summed E-state index contributed by atoms with van der Waals surface area (Å²) in [5, 5.41) is 18.0. The zero-order chi connectivity index (χ0) is 43.1. The summed E-state index contributed by atoms with van der Waals surface area (Å²) in [6.45, 7) is 5.96. The molecule has 1 aromatic rings. The first-order valence-corrected chi connectivity index (χ1v) is 22.0. The minimum atomic E-state index is -1.11. The molecular weight excluding hydrogens is 739 g/mol. The highest BCUT2D eigenvalue weighted by Gasteiger charge is 2.30. The van der Waals surface area contributed by atoms with Gasteiger partial charge in [-0.1, -0.05) is 103 Å². The lowest BCUT2D eigenvalue weighted by Gasteiger charge is -2.24. The van der Waals surface area contributed by atoms with Crippen LogP contribution >= 0.6 is 0 Å². The van der Waals surface area contributed by atoms with Gasteiger partial charge >= 0.3 is 0 Å². The molecule has 0 radical (unpaired) electrons. The van der Waals surface area contributed by atoms with Crippen molar-refractivity contribution in [2.24, 2.45) is 17.4 Å². The number of nitrogens with one attached hydrogen (secondary N) is 3. The van der Waals surface area contributed by atoms with E-state index in [-0.39, 0.29) is 68.2 Å². The van der Waals surface area contributed by atoms with Crippen molar-refractivity contribution in [2.45, 2.75) is 193 Å². The van der Waals surface area contributed by atoms with Gasteiger partial charge in [-0.2, -0.15) is 0 Å². The summed E-state index contributed by atoms with van der Waals surface area (Å²) in [5.74, 6) is -3.96. The highest BCUT2D eigenvalue weighted by Crippen LogP contribution is 2.19. The number of benzene rings is 1. The van der Waals surface area contributed by atoms with Gasteiger partial charge in [0.1, 0.15) is 5.75 Å². The van der Waals surface area contributed by atoms with Crippen LogP contribution in [0.15, 0.2) is 24.3 Å². The van der Waals surface area contributed by atoms with Crippen molar-refractivity contribution in [3.63, 3.8) is 0 Å². The fourth-order valence-electron chi connectivity index (χ4n) is 6.90. The number of Topliss-reactive ketones (excluding diaryl/α,β-unsaturated/α-hetero) is 3. The van der Waals surface area contributed by atoms with Crippen LogP contribution in [0.5, 0.6) is 5.75 Å². The molecule has 4 amide bonds. The predicted octanol–water partition coefficient (Wildman–Crippen LogP) is 6.19. The average molecular weight is 814 g/mol. The molecule has 13 heteroatoms. The number of carbonyl (C=O) groups excluding carboxylic acids is 7. The van der Waals surface area contributed by atoms with Crippen LogP contribution in [0.2, 0.25) is 0 Å². The van der Waals surface area contributed by atoms with Gasteiger partial charge < -0.3 is 32.5 Å². The number of unbranched alkanes of at least 4 members (excludes halogenated alkanes) is 13. The first-order chi connectivity index (χ1) is 27.8. The van der Waals surface area contributed by atoms with Gasteiger partial charge in [-0.25, -0.2) is 0 Å². The first kappa shape index (κ1) is 51.9. The van der Waals surface area contributed by atoms with E-state index >= 15 is 0 Å². The maximum absolute atomic E-state index is 13.8. The van der Waals surface area contributed by atoms with E-state index in [1.165, 1.54) is 76.3 Å². The van der Waals surface area contributed by atoms with Crippen molar-refractivity contribution >= 4 is 41.0 Å². The second-order valence-corrected chi connectivity index (χ2v) is 15.8. The quantitative estimate of drug-likeness (QED) is 0.0424. The molecule has 0 aliphatic rings. The van der Waals surface area contributed by atoms with Crippen LogP contribution in [0.1, 0.15) is 174 Å². The monoisotopic (exact) mass is 814 g/mol. The summed E-state index contributed by atoms with van der Waals surface area (Å²) < 4.78 is 0. The standard InChI is InChI=1S/C45H75N5O8/c1-4-6-7-8-9-10-11-12-13-14-15-16-17-21-43(56)48-33(3)40(53)27-29-44(57)49-38(31-34-22-25-36(51)26-23-34)41(54)32-35(24-28-42(47)55)45(58)50-37(39(52)5-2)20-18-19-30-46/h22-23,25-26,33,35,37-38,51H,4-21,24,27-32,46H2,1-3H3,(H2,47,55)(H,48,56)(H,49,57)(H,50,58)/t33-,35+,37-,38-/m0/s1. The molecule has 0 fully saturated rings. The Kier molecular flexibility index (Phi) is 28.5. The minimum Gasteiger partial charge on any atom is -0.508 e. The number of amides is 4. The molecule has 0 aliphatic carbocycles. The van der Waals surface area contributed by atoms with Crippen molar-refractivity contribution in [2.75, 3.05) is 6.54 Å². The maximum atomic E-state index is 13.8. The summed E-state index contributed by atoms with van der Waals surface area (Å²) in [6.07, 6.45) is 17.0. The largest absolute Gasteiger partial charge is 0.508 e. The van der Waals surface area contributed by atoms with Gasteiger partial charge in [-0.05, 0) is 69.7 Å². The molecule has 1 aromatic carbocycles. The van der Waals surface area contributed by atoms with Gasteiger partial charge in [0.15, 0.2) is 17.3 Å². The molecule has 0 unspecified atom stereocenters. The lowest BCUT2D eigenvalue weighted by Crippen LogP contribution is -2.47. The van der Waals surface area contributed by atoms with Crippen LogP contribution in [-0.2, 0) is 40.0 Å². The van der Waals surface area contributed by atoms with Gasteiger partial charge in [0.25, 0.3) is 0 Å². The fraction of sp³-hybridized carbons (Fsp3) is 0.711. The molecule has 0 saturated carbocycles. The highest BCUT2D eigenvalue weighted by molar-refractivity contribution is 5.96. The van der Waals surface area contributed by atoms with Crippen molar-refractivity contribution in [1.82, 2.24) is 16.0 Å². The van der Waals surface area contributed by atoms with Crippen LogP contribution in [0.4, 0.5) is 0 Å². The lowest BCUT2D eigenvalue weighted by atomic mass is 9.90. The number of primary amides is 1. The summed E-state index contributed by atoms with van der Waals surface area (Å²) in [7, 11) is 0. The van der Waals surface area contributed by atoms with Crippen LogP contribution < -0.4 is 27.4 Å². The van der Waals surface area contributed by atoms with Gasteiger partial charge in [-0.15, -0.1) is 0 Å². The number of ketones is 3. The molecule has 58 heavy (non-hydrogen) atoms. The Morgan fingerprint density at radius 3 is 1.72 bits per heavy atom. The third-order valence-electron chi connectivity index (χ3n) is 10.6. The molecule has 13 nitrogen and oxygen atoms in total. The zero-order valence-electron chi connectivity index (χ0n) is 35.8. The number of aromatic hydroxyl groups is 1. The van der Waals surface area contributed by atoms with Crippen molar-refractivity contribution in [3.05, 3.63) is 29.8 Å². The normalized spacial score (nSPS) is 13.2. The number of hydrogen-bond donors (Lipinski definition) is 6. The molecule has 0 spiro atoms. The molecule has 0 heterocycles. The Balaban J connectivity index is 2.74. The van der Waals surface area contributed by atoms with E-state index in [9.17, 15) is 38.7 Å². The SMILES string of the molecule is CCCCCCCCCCCCCCCC(=O)N[C@@H](C)C(=O)CCC(=O)N[C@@H](Cc1ccc(O)cc1)C(=O)C[C@@H](CCC(N)=O)C(=O)N[C@@H](CCCCN)C(=O)CC. The van der Waals surface area contributed by atoms with E-state index in [2.05, 4.69) is 22.9 Å². The number of rotatable bonds is 36. The van der Waals surface area contributed by atoms with Crippen molar-refractivity contribution < 1.29 is 38.7 Å².